The van der Waals surface area contributed by atoms with Crippen LogP contribution in [-0.2, 0) is 6.42 Å². The molecule has 0 unspecified atom stereocenters. The maximum absolute atomic E-state index is 6.10. The number of nitrogens with two attached hydrogens (primary N) is 1. The number of fused-ring (bicyclic) bond motifs is 6. The Morgan fingerprint density at radius 3 is 1.69 bits per heavy atom. The van der Waals surface area contributed by atoms with Gasteiger partial charge in [0.2, 0.25) is 0 Å². The topological polar surface area (TPSA) is 35.9 Å². The van der Waals surface area contributed by atoms with Crippen LogP contribution in [0.3, 0.4) is 0 Å². The Labute approximate surface area is 262 Å². The van der Waals surface area contributed by atoms with Gasteiger partial charge in [-0.1, -0.05) is 91.0 Å². The lowest BCUT2D eigenvalue weighted by Gasteiger charge is -2.14. The molecule has 9 rings (SSSR count). The zero-order valence-electron chi connectivity index (χ0n) is 24.8. The second kappa shape index (κ2) is 10.1. The smallest absolute Gasteiger partial charge is 0.0558 e. The highest BCUT2D eigenvalue weighted by molar-refractivity contribution is 6.12. The molecular weight excluding hydrogens is 546 g/mol. The van der Waals surface area contributed by atoms with Crippen LogP contribution in [0.2, 0.25) is 0 Å². The van der Waals surface area contributed by atoms with Crippen molar-refractivity contribution in [3.63, 3.8) is 0 Å². The van der Waals surface area contributed by atoms with Crippen molar-refractivity contribution < 1.29 is 0 Å². The average Bonchev–Trinajstić information content (AvgIpc) is 3.61. The lowest BCUT2D eigenvalue weighted by atomic mass is 10.0. The molecule has 6 aromatic carbocycles. The molecule has 2 aromatic heterocycles. The molecule has 2 N–H and O–H groups in total. The van der Waals surface area contributed by atoms with Gasteiger partial charge < -0.3 is 14.9 Å². The van der Waals surface area contributed by atoms with Gasteiger partial charge in [-0.2, -0.15) is 0 Å². The zero-order valence-corrected chi connectivity index (χ0v) is 24.8. The number of allylic oxidation sites excluding steroid dienone is 1. The van der Waals surface area contributed by atoms with Crippen molar-refractivity contribution >= 4 is 44.5 Å². The van der Waals surface area contributed by atoms with Crippen molar-refractivity contribution in [2.45, 2.75) is 12.8 Å². The maximum Gasteiger partial charge on any atom is 0.0558 e. The lowest BCUT2D eigenvalue weighted by Crippen LogP contribution is -2.03. The number of aromatic nitrogens is 2. The van der Waals surface area contributed by atoms with Crippen LogP contribution in [0.15, 0.2) is 146 Å². The molecule has 1 aliphatic rings. The number of nitrogens with zero attached hydrogens (tertiary/aromatic N) is 2. The predicted molar refractivity (Wildman–Crippen MR) is 190 cm³/mol. The Kier molecular flexibility index (Phi) is 5.79. The van der Waals surface area contributed by atoms with Gasteiger partial charge in [-0.15, -0.1) is 0 Å². The highest BCUT2D eigenvalue weighted by Crippen LogP contribution is 2.40. The van der Waals surface area contributed by atoms with E-state index in [4.69, 9.17) is 5.73 Å². The van der Waals surface area contributed by atoms with Crippen molar-refractivity contribution in [1.29, 1.82) is 0 Å². The van der Waals surface area contributed by atoms with Gasteiger partial charge in [-0.3, -0.25) is 0 Å². The summed E-state index contributed by atoms with van der Waals surface area (Å²) in [6.45, 7) is 0. The van der Waals surface area contributed by atoms with Gasteiger partial charge in [0, 0.05) is 44.5 Å². The van der Waals surface area contributed by atoms with Crippen LogP contribution >= 0.6 is 0 Å². The van der Waals surface area contributed by atoms with Crippen LogP contribution < -0.4 is 5.73 Å². The van der Waals surface area contributed by atoms with Crippen molar-refractivity contribution in [3.05, 3.63) is 157 Å². The Morgan fingerprint density at radius 2 is 1.07 bits per heavy atom. The first-order valence-electron chi connectivity index (χ1n) is 15.6. The lowest BCUT2D eigenvalue weighted by molar-refractivity contribution is 0.888. The zero-order chi connectivity index (χ0) is 29.9. The first-order chi connectivity index (χ1) is 22.2. The molecule has 0 spiro atoms. The number of hydrogen-bond acceptors (Lipinski definition) is 1. The average molecular weight is 578 g/mol. The number of anilines is 1. The summed E-state index contributed by atoms with van der Waals surface area (Å²) in [6.07, 6.45) is 6.65. The van der Waals surface area contributed by atoms with Gasteiger partial charge in [-0.05, 0) is 95.8 Å². The summed E-state index contributed by atoms with van der Waals surface area (Å²) in [4.78, 5) is 0. The van der Waals surface area contributed by atoms with E-state index in [1.807, 2.05) is 12.1 Å². The van der Waals surface area contributed by atoms with Gasteiger partial charge in [0.05, 0.1) is 16.6 Å². The van der Waals surface area contributed by atoms with E-state index in [1.54, 1.807) is 0 Å². The summed E-state index contributed by atoms with van der Waals surface area (Å²) >= 11 is 0. The number of nitrogen functional groups attached to an aromatic ring is 1. The highest BCUT2D eigenvalue weighted by Gasteiger charge is 2.21. The van der Waals surface area contributed by atoms with Gasteiger partial charge in [-0.25, -0.2) is 0 Å². The molecule has 1 aliphatic carbocycles. The quantitative estimate of drug-likeness (QED) is 0.208. The molecule has 45 heavy (non-hydrogen) atoms. The fourth-order valence-electron chi connectivity index (χ4n) is 7.19. The standard InChI is InChI=1S/C42H31N3/c43-32-17-19-33(20-18-32)44-39-14-8-7-13-35(39)36-22-21-34(27-42(36)44)45-40-23-15-30(28-9-3-1-4-10-28)25-37(40)38-26-31(16-24-41(38)45)29-11-5-2-6-12-29/h1-7,9-13,15-27H,8,14,43H2. The van der Waals surface area contributed by atoms with Crippen LogP contribution in [0.25, 0.3) is 72.4 Å². The third-order valence-electron chi connectivity index (χ3n) is 9.31. The molecule has 3 heteroatoms. The van der Waals surface area contributed by atoms with Gasteiger partial charge in [0.1, 0.15) is 0 Å². The van der Waals surface area contributed by atoms with Crippen LogP contribution in [0.1, 0.15) is 17.7 Å². The minimum Gasteiger partial charge on any atom is -0.399 e. The molecule has 0 fully saturated rings. The van der Waals surface area contributed by atoms with Crippen molar-refractivity contribution in [3.8, 4) is 33.6 Å². The summed E-state index contributed by atoms with van der Waals surface area (Å²) in [5.74, 6) is 0. The molecule has 0 bridgehead atoms. The summed E-state index contributed by atoms with van der Waals surface area (Å²) in [5.41, 5.74) is 20.3. The third kappa shape index (κ3) is 4.12. The molecule has 0 saturated heterocycles. The normalized spacial score (nSPS) is 12.7. The SMILES string of the molecule is Nc1ccc(-n2c3c(c4ccc(-n5c6ccc(-c7ccccc7)cc6c6cc(-c7ccccc7)ccc65)cc42)C=CCC3)cc1. The van der Waals surface area contributed by atoms with E-state index >= 15 is 0 Å². The summed E-state index contributed by atoms with van der Waals surface area (Å²) in [6, 6.07) is 50.3. The van der Waals surface area contributed by atoms with E-state index in [0.29, 0.717) is 0 Å². The van der Waals surface area contributed by atoms with E-state index in [-0.39, 0.29) is 0 Å². The molecule has 2 heterocycles. The Morgan fingerprint density at radius 1 is 0.467 bits per heavy atom. The van der Waals surface area contributed by atoms with E-state index in [0.717, 1.165) is 29.9 Å². The highest BCUT2D eigenvalue weighted by atomic mass is 15.0. The number of hydrogen-bond donors (Lipinski definition) is 1. The van der Waals surface area contributed by atoms with Crippen molar-refractivity contribution in [2.24, 2.45) is 0 Å². The molecule has 0 aliphatic heterocycles. The molecule has 0 amide bonds. The molecule has 0 saturated carbocycles. The Hall–Kier alpha value is -5.80. The third-order valence-corrected chi connectivity index (χ3v) is 9.31. The fraction of sp³-hybridized carbons (Fsp3) is 0.0476. The summed E-state index contributed by atoms with van der Waals surface area (Å²) in [7, 11) is 0. The summed E-state index contributed by atoms with van der Waals surface area (Å²) < 4.78 is 4.87. The van der Waals surface area contributed by atoms with Crippen LogP contribution in [0.4, 0.5) is 5.69 Å². The van der Waals surface area contributed by atoms with E-state index in [1.165, 1.54) is 66.2 Å². The number of benzene rings is 6. The predicted octanol–water partition coefficient (Wildman–Crippen LogP) is 10.6. The first kappa shape index (κ1) is 25.7. The first-order valence-corrected chi connectivity index (χ1v) is 15.6. The van der Waals surface area contributed by atoms with Crippen LogP contribution in [0, 0.1) is 0 Å². The van der Waals surface area contributed by atoms with Gasteiger partial charge in [0.25, 0.3) is 0 Å². The van der Waals surface area contributed by atoms with Gasteiger partial charge >= 0.3 is 0 Å². The molecule has 3 nitrogen and oxygen atoms in total. The monoisotopic (exact) mass is 577 g/mol. The Bertz CT molecular complexity index is 2310. The summed E-state index contributed by atoms with van der Waals surface area (Å²) in [5, 5.41) is 3.78. The fourth-order valence-corrected chi connectivity index (χ4v) is 7.19. The number of rotatable bonds is 4. The Balaban J connectivity index is 1.32. The van der Waals surface area contributed by atoms with E-state index < -0.39 is 0 Å². The second-order valence-corrected chi connectivity index (χ2v) is 12.0. The van der Waals surface area contributed by atoms with Crippen LogP contribution in [0.5, 0.6) is 0 Å². The molecule has 0 atom stereocenters. The van der Waals surface area contributed by atoms with E-state index in [9.17, 15) is 0 Å². The van der Waals surface area contributed by atoms with Crippen molar-refractivity contribution in [1.82, 2.24) is 9.13 Å². The van der Waals surface area contributed by atoms with E-state index in [2.05, 4.69) is 149 Å². The minimum atomic E-state index is 0.777. The molecule has 0 radical (unpaired) electrons. The van der Waals surface area contributed by atoms with Crippen LogP contribution in [-0.4, -0.2) is 9.13 Å². The largest absolute Gasteiger partial charge is 0.399 e. The second-order valence-electron chi connectivity index (χ2n) is 12.0. The minimum absolute atomic E-state index is 0.777. The van der Waals surface area contributed by atoms with Gasteiger partial charge in [0.15, 0.2) is 0 Å². The molecular formula is C42H31N3. The molecule has 214 valence electrons. The maximum atomic E-state index is 6.10. The van der Waals surface area contributed by atoms with Crippen molar-refractivity contribution in [2.75, 3.05) is 5.73 Å². The molecule has 8 aromatic rings.